The van der Waals surface area contributed by atoms with Gasteiger partial charge < -0.3 is 5.11 Å². The molecule has 0 aliphatic rings. The van der Waals surface area contributed by atoms with E-state index in [1.165, 1.54) is 0 Å². The van der Waals surface area contributed by atoms with Crippen LogP contribution < -0.4 is 5.32 Å². The summed E-state index contributed by atoms with van der Waals surface area (Å²) in [5, 5.41) is 12.5. The van der Waals surface area contributed by atoms with Gasteiger partial charge in [0.1, 0.15) is 5.54 Å². The Labute approximate surface area is 107 Å². The second-order valence-electron chi connectivity index (χ2n) is 4.46. The summed E-state index contributed by atoms with van der Waals surface area (Å²) in [5.74, 6) is -0.858. The standard InChI is InChI=1S/C13H19NO2S/c1-9(2)14-13(3,12(15)16)10-5-7-11(17-4)8-6-10/h5-9,14H,1-4H3,(H,15,16). The SMILES string of the molecule is CSc1ccc(C(C)(NC(C)C)C(=O)O)cc1. The maximum absolute atomic E-state index is 11.4. The average Bonchev–Trinajstić information content (AvgIpc) is 2.28. The molecule has 1 aromatic rings. The summed E-state index contributed by atoms with van der Waals surface area (Å²) < 4.78 is 0. The van der Waals surface area contributed by atoms with Gasteiger partial charge in [-0.15, -0.1) is 11.8 Å². The van der Waals surface area contributed by atoms with Crippen LogP contribution >= 0.6 is 11.8 Å². The Bertz CT molecular complexity index is 389. The van der Waals surface area contributed by atoms with E-state index in [9.17, 15) is 9.90 Å². The molecule has 0 saturated heterocycles. The van der Waals surface area contributed by atoms with Crippen LogP contribution in [0.5, 0.6) is 0 Å². The molecule has 3 nitrogen and oxygen atoms in total. The molecule has 0 amide bonds. The number of hydrogen-bond acceptors (Lipinski definition) is 3. The molecule has 0 saturated carbocycles. The van der Waals surface area contributed by atoms with E-state index in [0.717, 1.165) is 10.5 Å². The zero-order valence-electron chi connectivity index (χ0n) is 10.7. The van der Waals surface area contributed by atoms with Crippen molar-refractivity contribution in [3.05, 3.63) is 29.8 Å². The summed E-state index contributed by atoms with van der Waals surface area (Å²) in [6.45, 7) is 5.58. The molecule has 0 aliphatic heterocycles. The van der Waals surface area contributed by atoms with Crippen molar-refractivity contribution in [2.45, 2.75) is 37.2 Å². The summed E-state index contributed by atoms with van der Waals surface area (Å²) in [6, 6.07) is 7.74. The first kappa shape index (κ1) is 14.1. The second-order valence-corrected chi connectivity index (χ2v) is 5.34. The number of hydrogen-bond donors (Lipinski definition) is 2. The van der Waals surface area contributed by atoms with Crippen LogP contribution in [0.15, 0.2) is 29.2 Å². The molecule has 1 unspecified atom stereocenters. The molecule has 1 aromatic carbocycles. The van der Waals surface area contributed by atoms with Gasteiger partial charge in [0.05, 0.1) is 0 Å². The number of carboxylic acid groups (broad SMARTS) is 1. The van der Waals surface area contributed by atoms with E-state index in [0.29, 0.717) is 0 Å². The average molecular weight is 253 g/mol. The maximum Gasteiger partial charge on any atom is 0.328 e. The van der Waals surface area contributed by atoms with E-state index in [2.05, 4.69) is 5.32 Å². The van der Waals surface area contributed by atoms with Crippen molar-refractivity contribution in [2.24, 2.45) is 0 Å². The molecule has 0 spiro atoms. The van der Waals surface area contributed by atoms with Gasteiger partial charge in [-0.1, -0.05) is 12.1 Å². The Morgan fingerprint density at radius 3 is 2.24 bits per heavy atom. The molecule has 94 valence electrons. The van der Waals surface area contributed by atoms with Gasteiger partial charge in [0.2, 0.25) is 0 Å². The molecule has 4 heteroatoms. The van der Waals surface area contributed by atoms with Crippen LogP contribution in [0.2, 0.25) is 0 Å². The van der Waals surface area contributed by atoms with Crippen LogP contribution in [0.25, 0.3) is 0 Å². The number of nitrogens with one attached hydrogen (secondary N) is 1. The van der Waals surface area contributed by atoms with Gasteiger partial charge in [-0.25, -0.2) is 4.79 Å². The van der Waals surface area contributed by atoms with E-state index < -0.39 is 11.5 Å². The van der Waals surface area contributed by atoms with E-state index in [1.54, 1.807) is 18.7 Å². The summed E-state index contributed by atoms with van der Waals surface area (Å²) in [6.07, 6.45) is 2.00. The highest BCUT2D eigenvalue weighted by Crippen LogP contribution is 2.24. The predicted molar refractivity (Wildman–Crippen MR) is 71.5 cm³/mol. The number of rotatable bonds is 5. The Morgan fingerprint density at radius 1 is 1.35 bits per heavy atom. The third-order valence-electron chi connectivity index (χ3n) is 2.67. The lowest BCUT2D eigenvalue weighted by Gasteiger charge is -2.29. The molecule has 2 N–H and O–H groups in total. The summed E-state index contributed by atoms with van der Waals surface area (Å²) >= 11 is 1.64. The second kappa shape index (κ2) is 5.56. The van der Waals surface area contributed by atoms with Crippen LogP contribution in [0.4, 0.5) is 0 Å². The smallest absolute Gasteiger partial charge is 0.328 e. The first-order chi connectivity index (χ1) is 7.90. The largest absolute Gasteiger partial charge is 0.480 e. The third-order valence-corrected chi connectivity index (χ3v) is 3.42. The van der Waals surface area contributed by atoms with Crippen LogP contribution in [0.3, 0.4) is 0 Å². The Morgan fingerprint density at radius 2 is 1.88 bits per heavy atom. The predicted octanol–water partition coefficient (Wildman–Crippen LogP) is 2.71. The highest BCUT2D eigenvalue weighted by Gasteiger charge is 2.35. The van der Waals surface area contributed by atoms with Crippen LogP contribution in [0, 0.1) is 0 Å². The Balaban J connectivity index is 3.09. The van der Waals surface area contributed by atoms with E-state index in [4.69, 9.17) is 0 Å². The van der Waals surface area contributed by atoms with Gasteiger partial charge in [-0.2, -0.15) is 0 Å². The van der Waals surface area contributed by atoms with Crippen molar-refractivity contribution >= 4 is 17.7 Å². The fraction of sp³-hybridized carbons (Fsp3) is 0.462. The summed E-state index contributed by atoms with van der Waals surface area (Å²) in [7, 11) is 0. The lowest BCUT2D eigenvalue weighted by molar-refractivity contribution is -0.144. The molecule has 1 atom stereocenters. The number of aliphatic carboxylic acids is 1. The molecule has 0 fully saturated rings. The molecule has 0 heterocycles. The maximum atomic E-state index is 11.4. The van der Waals surface area contributed by atoms with Gasteiger partial charge in [-0.3, -0.25) is 5.32 Å². The molecule has 0 aromatic heterocycles. The van der Waals surface area contributed by atoms with E-state index in [-0.39, 0.29) is 6.04 Å². The van der Waals surface area contributed by atoms with E-state index >= 15 is 0 Å². The number of carboxylic acids is 1. The highest BCUT2D eigenvalue weighted by atomic mass is 32.2. The van der Waals surface area contributed by atoms with Crippen molar-refractivity contribution in [2.75, 3.05) is 6.26 Å². The lowest BCUT2D eigenvalue weighted by atomic mass is 9.91. The van der Waals surface area contributed by atoms with Gasteiger partial charge in [0.25, 0.3) is 0 Å². The molecule has 1 rings (SSSR count). The van der Waals surface area contributed by atoms with Gasteiger partial charge in [0.15, 0.2) is 0 Å². The van der Waals surface area contributed by atoms with Crippen molar-refractivity contribution in [1.82, 2.24) is 5.32 Å². The van der Waals surface area contributed by atoms with Crippen molar-refractivity contribution in [3.8, 4) is 0 Å². The zero-order chi connectivity index (χ0) is 13.1. The fourth-order valence-electron chi connectivity index (χ4n) is 1.77. The van der Waals surface area contributed by atoms with Crippen molar-refractivity contribution in [3.63, 3.8) is 0 Å². The van der Waals surface area contributed by atoms with Crippen LogP contribution in [0.1, 0.15) is 26.3 Å². The molecular formula is C13H19NO2S. The van der Waals surface area contributed by atoms with E-state index in [1.807, 2.05) is 44.4 Å². The van der Waals surface area contributed by atoms with Crippen molar-refractivity contribution in [1.29, 1.82) is 0 Å². The van der Waals surface area contributed by atoms with Crippen molar-refractivity contribution < 1.29 is 9.90 Å². The van der Waals surface area contributed by atoms with Crippen LogP contribution in [-0.2, 0) is 10.3 Å². The highest BCUT2D eigenvalue weighted by molar-refractivity contribution is 7.98. The molecule has 17 heavy (non-hydrogen) atoms. The normalized spacial score (nSPS) is 14.6. The molecule has 0 bridgehead atoms. The third kappa shape index (κ3) is 3.23. The number of thioether (sulfide) groups is 1. The Kier molecular flexibility index (Phi) is 4.60. The Hall–Kier alpha value is -1.00. The quantitative estimate of drug-likeness (QED) is 0.792. The molecule has 0 aliphatic carbocycles. The number of carbonyl (C=O) groups is 1. The lowest BCUT2D eigenvalue weighted by Crippen LogP contribution is -2.49. The number of benzene rings is 1. The minimum absolute atomic E-state index is 0.108. The monoisotopic (exact) mass is 253 g/mol. The van der Waals surface area contributed by atoms with Crippen LogP contribution in [-0.4, -0.2) is 23.4 Å². The van der Waals surface area contributed by atoms with Gasteiger partial charge >= 0.3 is 5.97 Å². The minimum atomic E-state index is -1.04. The van der Waals surface area contributed by atoms with Gasteiger partial charge in [0, 0.05) is 10.9 Å². The minimum Gasteiger partial charge on any atom is -0.480 e. The summed E-state index contributed by atoms with van der Waals surface area (Å²) in [5.41, 5.74) is -0.262. The topological polar surface area (TPSA) is 49.3 Å². The van der Waals surface area contributed by atoms with Gasteiger partial charge in [-0.05, 0) is 44.7 Å². The fourth-order valence-corrected chi connectivity index (χ4v) is 2.18. The first-order valence-electron chi connectivity index (χ1n) is 5.55. The first-order valence-corrected chi connectivity index (χ1v) is 6.78. The molecular weight excluding hydrogens is 234 g/mol. The zero-order valence-corrected chi connectivity index (χ0v) is 11.5. The molecule has 0 radical (unpaired) electrons. The summed E-state index contributed by atoms with van der Waals surface area (Å²) in [4.78, 5) is 12.6.